The van der Waals surface area contributed by atoms with Gasteiger partial charge in [0.05, 0.1) is 18.7 Å². The molecule has 5 heteroatoms. The molecule has 3 aromatic rings. The van der Waals surface area contributed by atoms with Gasteiger partial charge >= 0.3 is 0 Å². The van der Waals surface area contributed by atoms with Crippen LogP contribution in [0.1, 0.15) is 24.8 Å². The van der Waals surface area contributed by atoms with E-state index >= 15 is 0 Å². The van der Waals surface area contributed by atoms with Crippen molar-refractivity contribution in [2.24, 2.45) is 0 Å². The number of rotatable bonds is 6. The molecule has 1 heterocycles. The number of benzene rings is 2. The van der Waals surface area contributed by atoms with Crippen LogP contribution >= 0.6 is 11.3 Å². The molecule has 1 atom stereocenters. The van der Waals surface area contributed by atoms with E-state index in [1.165, 1.54) is 11.3 Å². The maximum Gasteiger partial charge on any atom is 0.233 e. The van der Waals surface area contributed by atoms with Crippen molar-refractivity contribution in [1.29, 1.82) is 0 Å². The first-order chi connectivity index (χ1) is 12.2. The number of amides is 1. The SMILES string of the molecule is CC[C@@H](C(=O)Nc1nc(-c2ccc(OC)cc2)cs1)c1ccccc1. The summed E-state index contributed by atoms with van der Waals surface area (Å²) in [5.41, 5.74) is 2.86. The number of anilines is 1. The van der Waals surface area contributed by atoms with Crippen LogP contribution in [0.4, 0.5) is 5.13 Å². The van der Waals surface area contributed by atoms with Gasteiger partial charge < -0.3 is 10.1 Å². The van der Waals surface area contributed by atoms with Crippen molar-refractivity contribution in [3.05, 3.63) is 65.5 Å². The van der Waals surface area contributed by atoms with Crippen molar-refractivity contribution >= 4 is 22.4 Å². The van der Waals surface area contributed by atoms with E-state index in [-0.39, 0.29) is 11.8 Å². The Kier molecular flexibility index (Phi) is 5.46. The number of aromatic nitrogens is 1. The zero-order chi connectivity index (χ0) is 17.6. The van der Waals surface area contributed by atoms with Crippen LogP contribution in [0.5, 0.6) is 5.75 Å². The minimum Gasteiger partial charge on any atom is -0.497 e. The molecule has 0 bridgehead atoms. The number of nitrogens with zero attached hydrogens (tertiary/aromatic N) is 1. The van der Waals surface area contributed by atoms with Crippen LogP contribution in [0.2, 0.25) is 0 Å². The van der Waals surface area contributed by atoms with E-state index in [9.17, 15) is 4.79 Å². The molecule has 0 radical (unpaired) electrons. The van der Waals surface area contributed by atoms with Gasteiger partial charge in [0.1, 0.15) is 5.75 Å². The van der Waals surface area contributed by atoms with E-state index in [1.54, 1.807) is 7.11 Å². The second-order valence-corrected chi connectivity index (χ2v) is 6.49. The van der Waals surface area contributed by atoms with Crippen molar-refractivity contribution in [2.45, 2.75) is 19.3 Å². The Morgan fingerprint density at radius 3 is 2.52 bits per heavy atom. The van der Waals surface area contributed by atoms with Crippen molar-refractivity contribution in [3.8, 4) is 17.0 Å². The molecule has 1 amide bonds. The van der Waals surface area contributed by atoms with Crippen LogP contribution in [-0.4, -0.2) is 18.0 Å². The van der Waals surface area contributed by atoms with Crippen molar-refractivity contribution in [2.75, 3.05) is 12.4 Å². The smallest absolute Gasteiger partial charge is 0.233 e. The van der Waals surface area contributed by atoms with Crippen LogP contribution in [-0.2, 0) is 4.79 Å². The van der Waals surface area contributed by atoms with Gasteiger partial charge in [0.15, 0.2) is 5.13 Å². The summed E-state index contributed by atoms with van der Waals surface area (Å²) in [4.78, 5) is 17.1. The average molecular weight is 352 g/mol. The first-order valence-electron chi connectivity index (χ1n) is 8.17. The lowest BCUT2D eigenvalue weighted by molar-refractivity contribution is -0.117. The summed E-state index contributed by atoms with van der Waals surface area (Å²) in [6, 6.07) is 17.5. The molecule has 0 saturated heterocycles. The summed E-state index contributed by atoms with van der Waals surface area (Å²) in [6.45, 7) is 2.02. The molecule has 0 spiro atoms. The third-order valence-electron chi connectivity index (χ3n) is 4.05. The third-order valence-corrected chi connectivity index (χ3v) is 4.80. The molecular weight excluding hydrogens is 332 g/mol. The molecule has 0 fully saturated rings. The Hall–Kier alpha value is -2.66. The van der Waals surface area contributed by atoms with Crippen LogP contribution in [0.15, 0.2) is 60.0 Å². The zero-order valence-corrected chi connectivity index (χ0v) is 15.0. The Balaban J connectivity index is 1.72. The molecule has 25 heavy (non-hydrogen) atoms. The van der Waals surface area contributed by atoms with Crippen molar-refractivity contribution in [1.82, 2.24) is 4.98 Å². The molecule has 0 aliphatic heterocycles. The normalized spacial score (nSPS) is 11.8. The lowest BCUT2D eigenvalue weighted by atomic mass is 9.96. The quantitative estimate of drug-likeness (QED) is 0.683. The highest BCUT2D eigenvalue weighted by Crippen LogP contribution is 2.28. The predicted molar refractivity (Wildman–Crippen MR) is 102 cm³/mol. The van der Waals surface area contributed by atoms with Gasteiger partial charge in [0.25, 0.3) is 0 Å². The van der Waals surface area contributed by atoms with Crippen molar-refractivity contribution < 1.29 is 9.53 Å². The monoisotopic (exact) mass is 352 g/mol. The minimum atomic E-state index is -0.172. The summed E-state index contributed by atoms with van der Waals surface area (Å²) in [5, 5.41) is 5.51. The van der Waals surface area contributed by atoms with Gasteiger partial charge in [-0.1, -0.05) is 37.3 Å². The van der Waals surface area contributed by atoms with Crippen LogP contribution in [0, 0.1) is 0 Å². The number of carbonyl (C=O) groups is 1. The van der Waals surface area contributed by atoms with E-state index in [1.807, 2.05) is 66.9 Å². The summed E-state index contributed by atoms with van der Waals surface area (Å²) in [7, 11) is 1.64. The molecule has 0 unspecified atom stereocenters. The molecule has 128 valence electrons. The second kappa shape index (κ2) is 7.94. The predicted octanol–water partition coefficient (Wildman–Crippen LogP) is 4.95. The third kappa shape index (κ3) is 4.06. The highest BCUT2D eigenvalue weighted by Gasteiger charge is 2.19. The Bertz CT molecular complexity index is 828. The highest BCUT2D eigenvalue weighted by molar-refractivity contribution is 7.14. The van der Waals surface area contributed by atoms with Gasteiger partial charge in [0, 0.05) is 10.9 Å². The summed E-state index contributed by atoms with van der Waals surface area (Å²) in [5.74, 6) is 0.611. The molecule has 2 aromatic carbocycles. The number of hydrogen-bond donors (Lipinski definition) is 1. The molecule has 3 rings (SSSR count). The number of carbonyl (C=O) groups excluding carboxylic acids is 1. The van der Waals surface area contributed by atoms with Crippen molar-refractivity contribution in [3.63, 3.8) is 0 Å². The summed E-state index contributed by atoms with van der Waals surface area (Å²) >= 11 is 1.43. The number of methoxy groups -OCH3 is 1. The van der Waals surface area contributed by atoms with Crippen LogP contribution < -0.4 is 10.1 Å². The van der Waals surface area contributed by atoms with Gasteiger partial charge in [-0.2, -0.15) is 0 Å². The number of hydrogen-bond acceptors (Lipinski definition) is 4. The summed E-state index contributed by atoms with van der Waals surface area (Å²) < 4.78 is 5.17. The fraction of sp³-hybridized carbons (Fsp3) is 0.200. The van der Waals surface area contributed by atoms with E-state index in [0.717, 1.165) is 29.0 Å². The highest BCUT2D eigenvalue weighted by atomic mass is 32.1. The van der Waals surface area contributed by atoms with Gasteiger partial charge in [-0.3, -0.25) is 4.79 Å². The topological polar surface area (TPSA) is 51.2 Å². The average Bonchev–Trinajstić information content (AvgIpc) is 3.12. The second-order valence-electron chi connectivity index (χ2n) is 5.63. The lowest BCUT2D eigenvalue weighted by Gasteiger charge is -2.14. The fourth-order valence-electron chi connectivity index (χ4n) is 2.68. The standard InChI is InChI=1S/C20H20N2O2S/c1-3-17(14-7-5-4-6-8-14)19(23)22-20-21-18(13-25-20)15-9-11-16(24-2)12-10-15/h4-13,17H,3H2,1-2H3,(H,21,22,23)/t17-/m1/s1. The molecule has 4 nitrogen and oxygen atoms in total. The minimum absolute atomic E-state index is 0.0238. The molecule has 0 aliphatic rings. The van der Waals surface area contributed by atoms with E-state index < -0.39 is 0 Å². The first kappa shape index (κ1) is 17.2. The lowest BCUT2D eigenvalue weighted by Crippen LogP contribution is -2.20. The maximum absolute atomic E-state index is 12.6. The molecule has 1 aromatic heterocycles. The fourth-order valence-corrected chi connectivity index (χ4v) is 3.40. The summed E-state index contributed by atoms with van der Waals surface area (Å²) in [6.07, 6.45) is 0.743. The Labute approximate surface area is 151 Å². The number of thiazole rings is 1. The van der Waals surface area contributed by atoms with Gasteiger partial charge in [0.2, 0.25) is 5.91 Å². The van der Waals surface area contributed by atoms with Gasteiger partial charge in [-0.15, -0.1) is 11.3 Å². The number of ether oxygens (including phenoxy) is 1. The molecular formula is C20H20N2O2S. The van der Waals surface area contributed by atoms with Crippen LogP contribution in [0.3, 0.4) is 0 Å². The Morgan fingerprint density at radius 1 is 1.16 bits per heavy atom. The molecule has 0 saturated carbocycles. The zero-order valence-electron chi connectivity index (χ0n) is 14.2. The van der Waals surface area contributed by atoms with E-state index in [2.05, 4.69) is 10.3 Å². The molecule has 0 aliphatic carbocycles. The van der Waals surface area contributed by atoms with Crippen LogP contribution in [0.25, 0.3) is 11.3 Å². The number of nitrogens with one attached hydrogen (secondary N) is 1. The molecule has 1 N–H and O–H groups in total. The Morgan fingerprint density at radius 2 is 1.88 bits per heavy atom. The van der Waals surface area contributed by atoms with Gasteiger partial charge in [-0.25, -0.2) is 4.98 Å². The maximum atomic E-state index is 12.6. The van der Waals surface area contributed by atoms with E-state index in [4.69, 9.17) is 4.74 Å². The van der Waals surface area contributed by atoms with E-state index in [0.29, 0.717) is 5.13 Å². The largest absolute Gasteiger partial charge is 0.497 e. The van der Waals surface area contributed by atoms with Gasteiger partial charge in [-0.05, 0) is 36.2 Å². The first-order valence-corrected chi connectivity index (χ1v) is 9.05.